The van der Waals surface area contributed by atoms with E-state index in [0.29, 0.717) is 0 Å². The van der Waals surface area contributed by atoms with E-state index in [0.717, 1.165) is 0 Å². The van der Waals surface area contributed by atoms with Crippen LogP contribution in [0, 0.1) is 5.92 Å². The van der Waals surface area contributed by atoms with Crippen LogP contribution < -0.4 is 0 Å². The van der Waals surface area contributed by atoms with Crippen molar-refractivity contribution >= 4 is 32.0 Å². The molecule has 0 aliphatic heterocycles. The van der Waals surface area contributed by atoms with Gasteiger partial charge in [-0.05, 0) is 38.8 Å². The van der Waals surface area contributed by atoms with Crippen molar-refractivity contribution in [3.05, 3.63) is 49.3 Å². The average Bonchev–Trinajstić information content (AvgIpc) is 2.59. The zero-order chi connectivity index (χ0) is 15.3. The molecule has 0 amide bonds. The Morgan fingerprint density at radius 2 is 1.33 bits per heavy atom. The third kappa shape index (κ3) is 6.26. The second kappa shape index (κ2) is 10.3. The summed E-state index contributed by atoms with van der Waals surface area (Å²) in [5, 5.41) is 0. The molecule has 0 heterocycles. The van der Waals surface area contributed by atoms with Crippen LogP contribution in [0.1, 0.15) is 60.3 Å². The van der Waals surface area contributed by atoms with Crippen LogP contribution >= 0.6 is 0 Å². The molecule has 0 N–H and O–H groups in total. The van der Waals surface area contributed by atoms with Crippen molar-refractivity contribution in [3.63, 3.8) is 0 Å². The predicted molar refractivity (Wildman–Crippen MR) is 91.8 cm³/mol. The van der Waals surface area contributed by atoms with Crippen molar-refractivity contribution < 1.29 is 16.8 Å². The first kappa shape index (κ1) is 21.5. The van der Waals surface area contributed by atoms with Gasteiger partial charge in [-0.3, -0.25) is 0 Å². The molecule has 118 valence electrons. The number of hydrogen-bond acceptors (Lipinski definition) is 0. The number of allylic oxidation sites excluding steroid dienone is 8. The molecule has 0 aromatic carbocycles. The summed E-state index contributed by atoms with van der Waals surface area (Å²) in [6.45, 7) is 11.0. The van der Waals surface area contributed by atoms with E-state index in [1.807, 2.05) is 0 Å². The van der Waals surface area contributed by atoms with E-state index >= 15 is 0 Å². The number of hydrogen-bond donors (Lipinski definition) is 0. The van der Waals surface area contributed by atoms with Crippen molar-refractivity contribution in [2.24, 2.45) is 0 Å². The van der Waals surface area contributed by atoms with Crippen LogP contribution in [0.25, 0.3) is 0 Å². The van der Waals surface area contributed by atoms with Crippen molar-refractivity contribution in [1.82, 2.24) is 0 Å². The summed E-state index contributed by atoms with van der Waals surface area (Å²) in [5.41, 5.74) is 5.87. The Bertz CT molecular complexity index is 457. The predicted octanol–water partition coefficient (Wildman–Crippen LogP) is 4.93. The second-order valence-corrected chi connectivity index (χ2v) is 7.52. The van der Waals surface area contributed by atoms with Gasteiger partial charge in [-0.1, -0.05) is 18.1 Å². The summed E-state index contributed by atoms with van der Waals surface area (Å²) < 4.78 is 2.68. The molecule has 21 heavy (non-hydrogen) atoms. The maximum atomic E-state index is 3.09. The van der Waals surface area contributed by atoms with Gasteiger partial charge in [0.05, 0.1) is 0 Å². The molecule has 0 bridgehead atoms. The van der Waals surface area contributed by atoms with E-state index in [2.05, 4.69) is 78.8 Å². The van der Waals surface area contributed by atoms with Crippen LogP contribution in [-0.2, 0) is 16.8 Å². The maximum absolute atomic E-state index is 3.09. The minimum atomic E-state index is 0. The fourth-order valence-electron chi connectivity index (χ4n) is 2.36. The van der Waals surface area contributed by atoms with Gasteiger partial charge < -0.3 is 0 Å². The first-order valence-corrected chi connectivity index (χ1v) is 9.01. The summed E-state index contributed by atoms with van der Waals surface area (Å²) in [5.74, 6) is 1.47. The first-order valence-electron chi connectivity index (χ1n) is 7.29. The van der Waals surface area contributed by atoms with Crippen LogP contribution in [0.3, 0.4) is 0 Å². The summed E-state index contributed by atoms with van der Waals surface area (Å²) in [6.07, 6.45) is 9.51. The SMILES string of the molecule is C[C]1C(C)=C(C)C(C)=C1C.[Co].[Se]C1=C(\[Se])CCCC/C=C\1. The van der Waals surface area contributed by atoms with Gasteiger partial charge in [-0.25, -0.2) is 0 Å². The van der Waals surface area contributed by atoms with Crippen LogP contribution in [-0.4, -0.2) is 32.0 Å². The normalized spacial score (nSPS) is 24.8. The molecule has 0 saturated heterocycles. The quantitative estimate of drug-likeness (QED) is 0.452. The Hall–Kier alpha value is 0.505. The molecule has 0 aromatic rings. The molecule has 2 rings (SSSR count). The topological polar surface area (TPSA) is 0 Å². The molecule has 3 heteroatoms. The molecule has 0 atom stereocenters. The Labute approximate surface area is 157 Å². The zero-order valence-corrected chi connectivity index (χ0v) is 18.1. The molecule has 0 spiro atoms. The van der Waals surface area contributed by atoms with Crippen LogP contribution in [0.4, 0.5) is 0 Å². The Morgan fingerprint density at radius 1 is 0.810 bits per heavy atom. The van der Waals surface area contributed by atoms with Crippen molar-refractivity contribution in [2.75, 3.05) is 0 Å². The Kier molecular flexibility index (Phi) is 10.6. The van der Waals surface area contributed by atoms with Crippen molar-refractivity contribution in [2.45, 2.75) is 60.3 Å². The molecule has 0 nitrogen and oxygen atoms in total. The van der Waals surface area contributed by atoms with Gasteiger partial charge in [-0.15, -0.1) is 0 Å². The second-order valence-electron chi connectivity index (χ2n) is 5.56. The molecular formula is C18H25CoSe2. The first-order chi connectivity index (χ1) is 9.36. The summed E-state index contributed by atoms with van der Waals surface area (Å²) >= 11 is 6.15. The molecule has 2 aliphatic rings. The van der Waals surface area contributed by atoms with Gasteiger partial charge >= 0.3 is 78.8 Å². The third-order valence-electron chi connectivity index (χ3n) is 4.38. The van der Waals surface area contributed by atoms with E-state index in [4.69, 9.17) is 0 Å². The van der Waals surface area contributed by atoms with E-state index in [1.165, 1.54) is 62.8 Å². The summed E-state index contributed by atoms with van der Waals surface area (Å²) in [4.78, 5) is 0. The monoisotopic (exact) mass is 460 g/mol. The van der Waals surface area contributed by atoms with E-state index in [9.17, 15) is 0 Å². The van der Waals surface area contributed by atoms with E-state index in [-0.39, 0.29) is 16.8 Å². The van der Waals surface area contributed by atoms with E-state index < -0.39 is 0 Å². The average molecular weight is 458 g/mol. The molecule has 4 radical (unpaired) electrons. The fourth-order valence-corrected chi connectivity index (χ4v) is 3.22. The number of rotatable bonds is 0. The van der Waals surface area contributed by atoms with Gasteiger partial charge in [0, 0.05) is 22.7 Å². The molecule has 0 unspecified atom stereocenters. The van der Waals surface area contributed by atoms with Gasteiger partial charge in [0.15, 0.2) is 0 Å². The molecule has 0 fully saturated rings. The molecule has 0 aromatic heterocycles. The summed E-state index contributed by atoms with van der Waals surface area (Å²) in [6, 6.07) is 0. The van der Waals surface area contributed by atoms with Gasteiger partial charge in [0.1, 0.15) is 0 Å². The van der Waals surface area contributed by atoms with E-state index in [1.54, 1.807) is 0 Å². The molecule has 2 aliphatic carbocycles. The van der Waals surface area contributed by atoms with Gasteiger partial charge in [-0.2, -0.15) is 0 Å². The van der Waals surface area contributed by atoms with Crippen LogP contribution in [0.5, 0.6) is 0 Å². The molecule has 0 saturated carbocycles. The Balaban J connectivity index is 0.000000364. The van der Waals surface area contributed by atoms with Crippen molar-refractivity contribution in [1.29, 1.82) is 0 Å². The van der Waals surface area contributed by atoms with Crippen LogP contribution in [0.15, 0.2) is 43.4 Å². The minimum absolute atomic E-state index is 0. The molecular weight excluding hydrogens is 433 g/mol. The zero-order valence-electron chi connectivity index (χ0n) is 13.6. The van der Waals surface area contributed by atoms with Crippen molar-refractivity contribution in [3.8, 4) is 0 Å². The standard InChI is InChI=1S/C10H15.C8H10Se2.Co/c1-6-7(2)9(4)10(5)8(6)3;9-7-5-3-1-2-4-6-8(7)10;/h1-5H3;3,5H,1-2,4,6H2;/b;5-3-,8-7-;. The summed E-state index contributed by atoms with van der Waals surface area (Å²) in [7, 11) is 0. The van der Waals surface area contributed by atoms with Gasteiger partial charge in [0.2, 0.25) is 0 Å². The third-order valence-corrected chi connectivity index (χ3v) is 6.73. The fraction of sp³-hybridized carbons (Fsp3) is 0.500. The van der Waals surface area contributed by atoms with Gasteiger partial charge in [0.25, 0.3) is 0 Å². The van der Waals surface area contributed by atoms with Crippen LogP contribution in [0.2, 0.25) is 0 Å². The Morgan fingerprint density at radius 3 is 1.76 bits per heavy atom.